The largest absolute Gasteiger partial charge is 0.493 e. The second kappa shape index (κ2) is 6.56. The van der Waals surface area contributed by atoms with Crippen LogP contribution in [-0.2, 0) is 10.0 Å². The van der Waals surface area contributed by atoms with Gasteiger partial charge in [-0.15, -0.1) is 0 Å². The average molecular weight is 298 g/mol. The lowest BCUT2D eigenvalue weighted by atomic mass is 10.2. The molecule has 0 unspecified atom stereocenters. The Bertz CT molecular complexity index is 520. The topological polar surface area (TPSA) is 67.4 Å². The van der Waals surface area contributed by atoms with E-state index in [4.69, 9.17) is 4.74 Å². The van der Waals surface area contributed by atoms with Gasteiger partial charge in [0.2, 0.25) is 10.0 Å². The van der Waals surface area contributed by atoms with Crippen molar-refractivity contribution in [2.75, 3.05) is 19.7 Å². The van der Waals surface area contributed by atoms with E-state index in [1.165, 1.54) is 0 Å². The summed E-state index contributed by atoms with van der Waals surface area (Å²) < 4.78 is 32.6. The predicted molar refractivity (Wildman–Crippen MR) is 78.4 cm³/mol. The number of benzene rings is 1. The van der Waals surface area contributed by atoms with Gasteiger partial charge < -0.3 is 10.1 Å². The van der Waals surface area contributed by atoms with Crippen LogP contribution in [-0.4, -0.2) is 34.2 Å². The van der Waals surface area contributed by atoms with Gasteiger partial charge in [-0.1, -0.05) is 13.8 Å². The van der Waals surface area contributed by atoms with Crippen molar-refractivity contribution < 1.29 is 13.2 Å². The van der Waals surface area contributed by atoms with Crippen molar-refractivity contribution in [3.8, 4) is 5.75 Å². The van der Waals surface area contributed by atoms with Gasteiger partial charge in [0.1, 0.15) is 5.75 Å². The van der Waals surface area contributed by atoms with E-state index >= 15 is 0 Å². The highest BCUT2D eigenvalue weighted by atomic mass is 32.2. The summed E-state index contributed by atoms with van der Waals surface area (Å²) >= 11 is 0. The molecule has 1 saturated heterocycles. The van der Waals surface area contributed by atoms with Crippen molar-refractivity contribution in [1.82, 2.24) is 10.0 Å². The summed E-state index contributed by atoms with van der Waals surface area (Å²) in [5, 5.41) is 3.14. The summed E-state index contributed by atoms with van der Waals surface area (Å²) in [7, 11) is -3.44. The molecule has 1 aliphatic rings. The SMILES string of the molecule is CC(C)COc1ccc(S(=O)(=O)N[C@H]2CCNC2)cc1. The van der Waals surface area contributed by atoms with Crippen LogP contribution >= 0.6 is 0 Å². The average Bonchev–Trinajstić information content (AvgIpc) is 2.89. The van der Waals surface area contributed by atoms with Gasteiger partial charge in [-0.3, -0.25) is 0 Å². The Hall–Kier alpha value is -1.11. The van der Waals surface area contributed by atoms with Gasteiger partial charge in [0.15, 0.2) is 0 Å². The van der Waals surface area contributed by atoms with Crippen molar-refractivity contribution in [2.24, 2.45) is 5.92 Å². The maximum Gasteiger partial charge on any atom is 0.240 e. The Morgan fingerprint density at radius 2 is 2.05 bits per heavy atom. The minimum Gasteiger partial charge on any atom is -0.493 e. The summed E-state index contributed by atoms with van der Waals surface area (Å²) in [6.45, 7) is 6.30. The Balaban J connectivity index is 2.00. The first-order valence-corrected chi connectivity index (χ1v) is 8.41. The highest BCUT2D eigenvalue weighted by Gasteiger charge is 2.22. The van der Waals surface area contributed by atoms with Gasteiger partial charge in [-0.25, -0.2) is 13.1 Å². The number of ether oxygens (including phenoxy) is 1. The minimum absolute atomic E-state index is 0.0168. The van der Waals surface area contributed by atoms with E-state index in [9.17, 15) is 8.42 Å². The van der Waals surface area contributed by atoms with Crippen LogP contribution in [0.15, 0.2) is 29.2 Å². The smallest absolute Gasteiger partial charge is 0.240 e. The monoisotopic (exact) mass is 298 g/mol. The van der Waals surface area contributed by atoms with E-state index in [-0.39, 0.29) is 10.9 Å². The fraction of sp³-hybridized carbons (Fsp3) is 0.571. The first kappa shape index (κ1) is 15.3. The molecule has 0 bridgehead atoms. The Morgan fingerprint density at radius 1 is 1.35 bits per heavy atom. The molecule has 1 fully saturated rings. The second-order valence-corrected chi connectivity index (χ2v) is 7.20. The first-order valence-electron chi connectivity index (χ1n) is 6.93. The fourth-order valence-corrected chi connectivity index (χ4v) is 3.29. The van der Waals surface area contributed by atoms with Crippen LogP contribution < -0.4 is 14.8 Å². The van der Waals surface area contributed by atoms with Crippen LogP contribution in [0, 0.1) is 5.92 Å². The molecule has 112 valence electrons. The van der Waals surface area contributed by atoms with Crippen molar-refractivity contribution in [3.05, 3.63) is 24.3 Å². The molecule has 0 spiro atoms. The normalized spacial score (nSPS) is 19.4. The summed E-state index contributed by atoms with van der Waals surface area (Å²) in [4.78, 5) is 0.279. The standard InChI is InChI=1S/C14H22N2O3S/c1-11(2)10-19-13-3-5-14(6-4-13)20(17,18)16-12-7-8-15-9-12/h3-6,11-12,15-16H,7-10H2,1-2H3/t12-/m0/s1. The van der Waals surface area contributed by atoms with Crippen LogP contribution in [0.5, 0.6) is 5.75 Å². The molecular weight excluding hydrogens is 276 g/mol. The van der Waals surface area contributed by atoms with Gasteiger partial charge >= 0.3 is 0 Å². The van der Waals surface area contributed by atoms with Gasteiger partial charge in [0, 0.05) is 12.6 Å². The molecule has 0 amide bonds. The molecule has 1 aromatic carbocycles. The Morgan fingerprint density at radius 3 is 2.60 bits per heavy atom. The number of rotatable bonds is 6. The van der Waals surface area contributed by atoms with Crippen molar-refractivity contribution >= 4 is 10.0 Å². The highest BCUT2D eigenvalue weighted by molar-refractivity contribution is 7.89. The minimum atomic E-state index is -3.44. The first-order chi connectivity index (χ1) is 9.47. The number of hydrogen-bond donors (Lipinski definition) is 2. The number of sulfonamides is 1. The molecule has 1 heterocycles. The van der Waals surface area contributed by atoms with E-state index in [0.29, 0.717) is 24.8 Å². The maximum atomic E-state index is 12.2. The molecule has 1 aromatic rings. The van der Waals surface area contributed by atoms with Crippen LogP contribution in [0.25, 0.3) is 0 Å². The molecule has 2 rings (SSSR count). The zero-order valence-corrected chi connectivity index (χ0v) is 12.7. The zero-order chi connectivity index (χ0) is 14.6. The summed E-state index contributed by atoms with van der Waals surface area (Å²) in [6.07, 6.45) is 0.828. The molecule has 2 N–H and O–H groups in total. The van der Waals surface area contributed by atoms with Gasteiger partial charge in [0.05, 0.1) is 11.5 Å². The molecule has 1 aliphatic heterocycles. The van der Waals surface area contributed by atoms with Crippen LogP contribution in [0.1, 0.15) is 20.3 Å². The summed E-state index contributed by atoms with van der Waals surface area (Å²) in [6, 6.07) is 6.55. The maximum absolute atomic E-state index is 12.2. The van der Waals surface area contributed by atoms with Crippen LogP contribution in [0.2, 0.25) is 0 Å². The van der Waals surface area contributed by atoms with Crippen LogP contribution in [0.4, 0.5) is 0 Å². The molecular formula is C14H22N2O3S. The molecule has 0 saturated carbocycles. The summed E-state index contributed by atoms with van der Waals surface area (Å²) in [5.74, 6) is 1.13. The molecule has 1 atom stereocenters. The fourth-order valence-electron chi connectivity index (χ4n) is 2.02. The van der Waals surface area contributed by atoms with Crippen molar-refractivity contribution in [3.63, 3.8) is 0 Å². The Labute approximate surface area is 120 Å². The molecule has 0 radical (unpaired) electrons. The second-order valence-electron chi connectivity index (χ2n) is 5.49. The predicted octanol–water partition coefficient (Wildman–Crippen LogP) is 1.36. The quantitative estimate of drug-likeness (QED) is 0.832. The third-order valence-electron chi connectivity index (χ3n) is 3.10. The van der Waals surface area contributed by atoms with Gasteiger partial charge in [0.25, 0.3) is 0 Å². The van der Waals surface area contributed by atoms with E-state index in [1.54, 1.807) is 24.3 Å². The number of nitrogens with one attached hydrogen (secondary N) is 2. The van der Waals surface area contributed by atoms with Crippen molar-refractivity contribution in [1.29, 1.82) is 0 Å². The zero-order valence-electron chi connectivity index (χ0n) is 11.9. The molecule has 6 heteroatoms. The lowest BCUT2D eigenvalue weighted by Crippen LogP contribution is -2.36. The third-order valence-corrected chi connectivity index (χ3v) is 4.64. The lowest BCUT2D eigenvalue weighted by Gasteiger charge is -2.13. The number of hydrogen-bond acceptors (Lipinski definition) is 4. The van der Waals surface area contributed by atoms with E-state index in [2.05, 4.69) is 23.9 Å². The van der Waals surface area contributed by atoms with E-state index in [0.717, 1.165) is 13.0 Å². The third kappa shape index (κ3) is 4.19. The van der Waals surface area contributed by atoms with E-state index in [1.807, 2.05) is 0 Å². The lowest BCUT2D eigenvalue weighted by molar-refractivity contribution is 0.271. The highest BCUT2D eigenvalue weighted by Crippen LogP contribution is 2.17. The van der Waals surface area contributed by atoms with Gasteiger partial charge in [-0.2, -0.15) is 0 Å². The molecule has 5 nitrogen and oxygen atoms in total. The summed E-state index contributed by atoms with van der Waals surface area (Å²) in [5.41, 5.74) is 0. The molecule has 0 aromatic heterocycles. The molecule has 0 aliphatic carbocycles. The van der Waals surface area contributed by atoms with Crippen LogP contribution in [0.3, 0.4) is 0 Å². The van der Waals surface area contributed by atoms with Crippen molar-refractivity contribution in [2.45, 2.75) is 31.2 Å². The molecule has 20 heavy (non-hydrogen) atoms. The van der Waals surface area contributed by atoms with Gasteiger partial charge in [-0.05, 0) is 43.1 Å². The van der Waals surface area contributed by atoms with E-state index < -0.39 is 10.0 Å². The Kier molecular flexibility index (Phi) is 5.01.